The summed E-state index contributed by atoms with van der Waals surface area (Å²) in [5.41, 5.74) is 0.716. The lowest BCUT2D eigenvalue weighted by Crippen LogP contribution is -2.45. The molecule has 1 unspecified atom stereocenters. The number of ether oxygens (including phenoxy) is 2. The van der Waals surface area contributed by atoms with Crippen LogP contribution in [0.3, 0.4) is 0 Å². The third kappa shape index (κ3) is 4.07. The monoisotopic (exact) mass is 322 g/mol. The van der Waals surface area contributed by atoms with Crippen molar-refractivity contribution in [3.8, 4) is 0 Å². The van der Waals surface area contributed by atoms with Crippen LogP contribution in [0.5, 0.6) is 0 Å². The molecule has 0 bridgehead atoms. The first-order valence-corrected chi connectivity index (χ1v) is 7.32. The first kappa shape index (κ1) is 17.0. The van der Waals surface area contributed by atoms with Gasteiger partial charge >= 0.3 is 12.0 Å². The van der Waals surface area contributed by atoms with Gasteiger partial charge in [-0.2, -0.15) is 0 Å². The Morgan fingerprint density at radius 3 is 2.74 bits per heavy atom. The molecular weight excluding hydrogens is 303 g/mol. The van der Waals surface area contributed by atoms with Crippen molar-refractivity contribution in [1.29, 1.82) is 0 Å². The van der Waals surface area contributed by atoms with Crippen LogP contribution in [0, 0.1) is 5.82 Å². The molecule has 124 valence electrons. The highest BCUT2D eigenvalue weighted by Crippen LogP contribution is 2.29. The summed E-state index contributed by atoms with van der Waals surface area (Å²) in [5.74, 6) is -1.13. The van der Waals surface area contributed by atoms with Crippen LogP contribution in [0.1, 0.15) is 25.5 Å². The van der Waals surface area contributed by atoms with Crippen LogP contribution >= 0.6 is 0 Å². The zero-order chi connectivity index (χ0) is 16.8. The van der Waals surface area contributed by atoms with Crippen LogP contribution in [-0.4, -0.2) is 31.8 Å². The molecule has 1 aromatic rings. The Kier molecular flexibility index (Phi) is 5.70. The third-order valence-corrected chi connectivity index (χ3v) is 3.37. The predicted molar refractivity (Wildman–Crippen MR) is 81.0 cm³/mol. The van der Waals surface area contributed by atoms with E-state index in [4.69, 9.17) is 9.47 Å². The molecule has 2 rings (SSSR count). The highest BCUT2D eigenvalue weighted by atomic mass is 19.1. The third-order valence-electron chi connectivity index (χ3n) is 3.37. The topological polar surface area (TPSA) is 76.7 Å². The molecule has 1 aliphatic rings. The van der Waals surface area contributed by atoms with Gasteiger partial charge in [0.25, 0.3) is 0 Å². The van der Waals surface area contributed by atoms with Crippen molar-refractivity contribution in [2.24, 2.45) is 0 Å². The van der Waals surface area contributed by atoms with Gasteiger partial charge in [-0.05, 0) is 19.9 Å². The summed E-state index contributed by atoms with van der Waals surface area (Å²) in [6, 6.07) is 4.58. The van der Waals surface area contributed by atoms with Crippen molar-refractivity contribution in [2.45, 2.75) is 19.9 Å². The summed E-state index contributed by atoms with van der Waals surface area (Å²) in [6.07, 6.45) is 0. The number of carbonyl (C=O) groups is 2. The zero-order valence-corrected chi connectivity index (χ0v) is 13.0. The number of rotatable bonds is 6. The Balaban J connectivity index is 2.25. The van der Waals surface area contributed by atoms with E-state index in [1.54, 1.807) is 19.1 Å². The van der Waals surface area contributed by atoms with Gasteiger partial charge < -0.3 is 20.1 Å². The maximum Gasteiger partial charge on any atom is 0.338 e. The van der Waals surface area contributed by atoms with E-state index < -0.39 is 23.9 Å². The smallest absolute Gasteiger partial charge is 0.338 e. The molecule has 0 fully saturated rings. The standard InChI is InChI=1S/C16H19FN2O4/c1-3-22-8-9-23-15(20)13-10(2)18-16(21)19-14(13)11-6-4-5-7-12(11)17/h4-7,14H,3,8-9H2,1-2H3,(H2,18,19,21). The van der Waals surface area contributed by atoms with Gasteiger partial charge in [-0.25, -0.2) is 14.0 Å². The Hall–Kier alpha value is -2.41. The number of nitrogens with one attached hydrogen (secondary N) is 2. The normalized spacial score (nSPS) is 17.5. The summed E-state index contributed by atoms with van der Waals surface area (Å²) in [6.45, 7) is 4.30. The van der Waals surface area contributed by atoms with Gasteiger partial charge in [0, 0.05) is 17.9 Å². The predicted octanol–water partition coefficient (Wildman–Crippen LogP) is 2.03. The van der Waals surface area contributed by atoms with Crippen molar-refractivity contribution in [1.82, 2.24) is 10.6 Å². The van der Waals surface area contributed by atoms with E-state index in [1.807, 2.05) is 6.92 Å². The van der Waals surface area contributed by atoms with E-state index in [9.17, 15) is 14.0 Å². The van der Waals surface area contributed by atoms with Crippen LogP contribution in [0.2, 0.25) is 0 Å². The van der Waals surface area contributed by atoms with Gasteiger partial charge in [-0.15, -0.1) is 0 Å². The van der Waals surface area contributed by atoms with E-state index in [0.717, 1.165) is 0 Å². The van der Waals surface area contributed by atoms with Gasteiger partial charge in [0.15, 0.2) is 0 Å². The first-order valence-electron chi connectivity index (χ1n) is 7.32. The van der Waals surface area contributed by atoms with Crippen LogP contribution in [-0.2, 0) is 14.3 Å². The van der Waals surface area contributed by atoms with Crippen LogP contribution in [0.4, 0.5) is 9.18 Å². The maximum atomic E-state index is 14.1. The van der Waals surface area contributed by atoms with Crippen molar-refractivity contribution in [3.63, 3.8) is 0 Å². The van der Waals surface area contributed by atoms with Crippen molar-refractivity contribution < 1.29 is 23.5 Å². The Morgan fingerprint density at radius 1 is 1.30 bits per heavy atom. The fourth-order valence-electron chi connectivity index (χ4n) is 2.32. The van der Waals surface area contributed by atoms with Gasteiger partial charge in [-0.1, -0.05) is 18.2 Å². The first-order chi connectivity index (χ1) is 11.0. The van der Waals surface area contributed by atoms with E-state index >= 15 is 0 Å². The largest absolute Gasteiger partial charge is 0.460 e. The second kappa shape index (κ2) is 7.73. The number of hydrogen-bond donors (Lipinski definition) is 2. The molecule has 0 spiro atoms. The number of esters is 1. The fraction of sp³-hybridized carbons (Fsp3) is 0.375. The Bertz CT molecular complexity index is 630. The van der Waals surface area contributed by atoms with Crippen molar-refractivity contribution in [3.05, 3.63) is 46.9 Å². The molecule has 0 saturated heterocycles. The van der Waals surface area contributed by atoms with Gasteiger partial charge in [0.2, 0.25) is 0 Å². The number of urea groups is 1. The lowest BCUT2D eigenvalue weighted by Gasteiger charge is -2.28. The van der Waals surface area contributed by atoms with Crippen LogP contribution in [0.15, 0.2) is 35.5 Å². The molecule has 23 heavy (non-hydrogen) atoms. The Labute approximate surface area is 133 Å². The minimum Gasteiger partial charge on any atom is -0.460 e. The SMILES string of the molecule is CCOCCOC(=O)C1=C(C)NC(=O)NC1c1ccccc1F. The maximum absolute atomic E-state index is 14.1. The molecule has 2 N–H and O–H groups in total. The number of amides is 2. The average molecular weight is 322 g/mol. The van der Waals surface area contributed by atoms with E-state index in [2.05, 4.69) is 10.6 Å². The molecule has 1 atom stereocenters. The lowest BCUT2D eigenvalue weighted by molar-refractivity contribution is -0.141. The number of hydrogen-bond acceptors (Lipinski definition) is 4. The quantitative estimate of drug-likeness (QED) is 0.621. The molecular formula is C16H19FN2O4. The minimum atomic E-state index is -0.899. The summed E-state index contributed by atoms with van der Waals surface area (Å²) < 4.78 is 24.3. The van der Waals surface area contributed by atoms with Gasteiger partial charge in [0.1, 0.15) is 12.4 Å². The van der Waals surface area contributed by atoms with E-state index in [0.29, 0.717) is 12.3 Å². The number of allylic oxidation sites excluding steroid dienone is 1. The molecule has 1 aromatic carbocycles. The van der Waals surface area contributed by atoms with E-state index in [1.165, 1.54) is 12.1 Å². The number of halogens is 1. The molecule has 0 radical (unpaired) electrons. The van der Waals surface area contributed by atoms with E-state index in [-0.39, 0.29) is 24.4 Å². The van der Waals surface area contributed by atoms with Crippen molar-refractivity contribution >= 4 is 12.0 Å². The molecule has 0 aliphatic carbocycles. The second-order valence-electron chi connectivity index (χ2n) is 4.92. The lowest BCUT2D eigenvalue weighted by atomic mass is 9.95. The zero-order valence-electron chi connectivity index (χ0n) is 13.0. The molecule has 0 saturated carbocycles. The molecule has 1 aliphatic heterocycles. The molecule has 6 nitrogen and oxygen atoms in total. The highest BCUT2D eigenvalue weighted by molar-refractivity contribution is 5.95. The highest BCUT2D eigenvalue weighted by Gasteiger charge is 2.33. The summed E-state index contributed by atoms with van der Waals surface area (Å²) in [7, 11) is 0. The summed E-state index contributed by atoms with van der Waals surface area (Å²) in [5, 5.41) is 5.06. The van der Waals surface area contributed by atoms with Crippen molar-refractivity contribution in [2.75, 3.05) is 19.8 Å². The molecule has 0 aromatic heterocycles. The van der Waals surface area contributed by atoms with Gasteiger partial charge in [0.05, 0.1) is 18.2 Å². The molecule has 7 heteroatoms. The average Bonchev–Trinajstić information content (AvgIpc) is 2.51. The van der Waals surface area contributed by atoms with Crippen LogP contribution in [0.25, 0.3) is 0 Å². The summed E-state index contributed by atoms with van der Waals surface area (Å²) in [4.78, 5) is 24.0. The molecule has 2 amide bonds. The number of benzene rings is 1. The van der Waals surface area contributed by atoms with Crippen LogP contribution < -0.4 is 10.6 Å². The Morgan fingerprint density at radius 2 is 2.04 bits per heavy atom. The number of carbonyl (C=O) groups excluding carboxylic acids is 2. The molecule has 1 heterocycles. The minimum absolute atomic E-state index is 0.0847. The second-order valence-corrected chi connectivity index (χ2v) is 4.92. The summed E-state index contributed by atoms with van der Waals surface area (Å²) >= 11 is 0. The fourth-order valence-corrected chi connectivity index (χ4v) is 2.32. The van der Waals surface area contributed by atoms with Gasteiger partial charge in [-0.3, -0.25) is 0 Å².